The third-order valence-corrected chi connectivity index (χ3v) is 3.17. The zero-order chi connectivity index (χ0) is 13.8. The Bertz CT molecular complexity index is 450. The highest BCUT2D eigenvalue weighted by atomic mass is 35.5. The average molecular weight is 286 g/mol. The van der Waals surface area contributed by atoms with Gasteiger partial charge in [0.05, 0.1) is 6.04 Å². The molecule has 0 saturated carbocycles. The molecule has 0 aliphatic carbocycles. The van der Waals surface area contributed by atoms with Crippen LogP contribution in [0.5, 0.6) is 0 Å². The Morgan fingerprint density at radius 1 is 1.28 bits per heavy atom. The van der Waals surface area contributed by atoms with E-state index in [1.165, 1.54) is 0 Å². The molecule has 2 nitrogen and oxygen atoms in total. The summed E-state index contributed by atoms with van der Waals surface area (Å²) in [6, 6.07) is 5.28. The first kappa shape index (κ1) is 15.1. The van der Waals surface area contributed by atoms with Gasteiger partial charge in [-0.15, -0.1) is 0 Å². The van der Waals surface area contributed by atoms with Crippen LogP contribution in [0, 0.1) is 5.41 Å². The third kappa shape index (κ3) is 4.35. The Hall–Kier alpha value is -0.990. The summed E-state index contributed by atoms with van der Waals surface area (Å²) in [5.41, 5.74) is 0.819. The van der Waals surface area contributed by atoms with Crippen LogP contribution in [0.3, 0.4) is 0 Å². The van der Waals surface area contributed by atoms with Crippen molar-refractivity contribution in [2.75, 3.05) is 0 Å². The van der Waals surface area contributed by atoms with Gasteiger partial charge in [-0.25, -0.2) is 0 Å². The Morgan fingerprint density at radius 2 is 1.94 bits per heavy atom. The van der Waals surface area contributed by atoms with Gasteiger partial charge in [-0.1, -0.05) is 62.2 Å². The first-order valence-electron chi connectivity index (χ1n) is 5.67. The van der Waals surface area contributed by atoms with Crippen LogP contribution in [0.2, 0.25) is 10.0 Å². The predicted molar refractivity (Wildman–Crippen MR) is 77.9 cm³/mol. The van der Waals surface area contributed by atoms with Crippen molar-refractivity contribution in [3.63, 3.8) is 0 Å². The van der Waals surface area contributed by atoms with E-state index in [0.29, 0.717) is 16.5 Å². The molecule has 1 atom stereocenters. The molecule has 1 amide bonds. The fraction of sp³-hybridized carbons (Fsp3) is 0.357. The second-order valence-electron chi connectivity index (χ2n) is 5.15. The molecule has 18 heavy (non-hydrogen) atoms. The molecule has 1 aromatic carbocycles. The highest BCUT2D eigenvalue weighted by Crippen LogP contribution is 2.24. The number of hydrogen-bond donors (Lipinski definition) is 1. The molecule has 1 aromatic rings. The zero-order valence-electron chi connectivity index (χ0n) is 10.7. The Morgan fingerprint density at radius 3 is 2.44 bits per heavy atom. The van der Waals surface area contributed by atoms with Crippen molar-refractivity contribution in [1.29, 1.82) is 0 Å². The van der Waals surface area contributed by atoms with Crippen LogP contribution < -0.4 is 5.32 Å². The fourth-order valence-electron chi connectivity index (χ4n) is 1.50. The maximum Gasteiger partial charge on any atom is 0.207 e. The van der Waals surface area contributed by atoms with E-state index >= 15 is 0 Å². The van der Waals surface area contributed by atoms with Gasteiger partial charge in [0.1, 0.15) is 0 Å². The van der Waals surface area contributed by atoms with Gasteiger partial charge < -0.3 is 5.32 Å². The van der Waals surface area contributed by atoms with Gasteiger partial charge in [-0.2, -0.15) is 0 Å². The van der Waals surface area contributed by atoms with Crippen LogP contribution in [-0.2, 0) is 4.79 Å². The maximum atomic E-state index is 10.6. The lowest BCUT2D eigenvalue weighted by atomic mass is 9.86. The van der Waals surface area contributed by atoms with Crippen molar-refractivity contribution in [3.05, 3.63) is 39.9 Å². The van der Waals surface area contributed by atoms with Gasteiger partial charge in [0.25, 0.3) is 0 Å². The maximum absolute atomic E-state index is 10.6. The van der Waals surface area contributed by atoms with E-state index in [4.69, 9.17) is 23.2 Å². The van der Waals surface area contributed by atoms with Crippen molar-refractivity contribution in [1.82, 2.24) is 5.32 Å². The lowest BCUT2D eigenvalue weighted by Gasteiger charge is -2.27. The molecule has 1 unspecified atom stereocenters. The normalized spacial score (nSPS) is 13.6. The van der Waals surface area contributed by atoms with E-state index in [1.54, 1.807) is 12.1 Å². The van der Waals surface area contributed by atoms with Crippen molar-refractivity contribution >= 4 is 35.7 Å². The van der Waals surface area contributed by atoms with E-state index < -0.39 is 0 Å². The number of amides is 1. The van der Waals surface area contributed by atoms with E-state index in [9.17, 15) is 4.79 Å². The number of carbonyl (C=O) groups excluding carboxylic acids is 1. The summed E-state index contributed by atoms with van der Waals surface area (Å²) in [5, 5.41) is 3.99. The summed E-state index contributed by atoms with van der Waals surface area (Å²) in [7, 11) is 0. The summed E-state index contributed by atoms with van der Waals surface area (Å²) in [6.07, 6.45) is 4.54. The second kappa shape index (κ2) is 6.26. The number of hydrogen-bond acceptors (Lipinski definition) is 1. The van der Waals surface area contributed by atoms with Gasteiger partial charge in [0.2, 0.25) is 6.41 Å². The number of benzene rings is 1. The molecule has 1 rings (SSSR count). The molecule has 0 aliphatic rings. The minimum Gasteiger partial charge on any atom is -0.352 e. The molecule has 0 aromatic heterocycles. The highest BCUT2D eigenvalue weighted by Gasteiger charge is 2.21. The molecule has 0 bridgehead atoms. The number of carbonyl (C=O) groups is 1. The SMILES string of the molecule is CC(C)(C)C(/C=C/c1ccc(Cl)cc1Cl)NC=O. The van der Waals surface area contributed by atoms with E-state index in [0.717, 1.165) is 5.56 Å². The summed E-state index contributed by atoms with van der Waals surface area (Å²) in [5.74, 6) is 0. The number of rotatable bonds is 4. The number of halogens is 2. The standard InChI is InChI=1S/C14H17Cl2NO/c1-14(2,3)13(17-9-18)7-5-10-4-6-11(15)8-12(10)16/h4-9,13H,1-3H3,(H,17,18)/b7-5+. The van der Waals surface area contributed by atoms with Crippen molar-refractivity contribution in [2.45, 2.75) is 26.8 Å². The van der Waals surface area contributed by atoms with Gasteiger partial charge >= 0.3 is 0 Å². The molecule has 0 radical (unpaired) electrons. The van der Waals surface area contributed by atoms with Crippen LogP contribution >= 0.6 is 23.2 Å². The third-order valence-electron chi connectivity index (χ3n) is 2.61. The molecule has 0 spiro atoms. The van der Waals surface area contributed by atoms with Crippen LogP contribution in [0.4, 0.5) is 0 Å². The molecular formula is C14H17Cl2NO. The quantitative estimate of drug-likeness (QED) is 0.827. The van der Waals surface area contributed by atoms with E-state index in [2.05, 4.69) is 26.1 Å². The number of nitrogens with one attached hydrogen (secondary N) is 1. The first-order chi connectivity index (χ1) is 8.34. The van der Waals surface area contributed by atoms with E-state index in [1.807, 2.05) is 18.2 Å². The summed E-state index contributed by atoms with van der Waals surface area (Å²) in [6.45, 7) is 6.17. The van der Waals surface area contributed by atoms with Gasteiger partial charge in [-0.3, -0.25) is 4.79 Å². The summed E-state index contributed by atoms with van der Waals surface area (Å²) in [4.78, 5) is 10.6. The van der Waals surface area contributed by atoms with Crippen molar-refractivity contribution in [2.24, 2.45) is 5.41 Å². The molecule has 1 N–H and O–H groups in total. The molecule has 0 saturated heterocycles. The highest BCUT2D eigenvalue weighted by molar-refractivity contribution is 6.35. The topological polar surface area (TPSA) is 29.1 Å². The molecule has 0 fully saturated rings. The molecule has 0 heterocycles. The minimum absolute atomic E-state index is 0.0539. The Labute approximate surface area is 118 Å². The lowest BCUT2D eigenvalue weighted by Crippen LogP contribution is -2.37. The molecule has 98 valence electrons. The zero-order valence-corrected chi connectivity index (χ0v) is 12.2. The van der Waals surface area contributed by atoms with Gasteiger partial charge in [0, 0.05) is 10.0 Å². The Balaban J connectivity index is 2.92. The fourth-order valence-corrected chi connectivity index (χ4v) is 1.98. The summed E-state index contributed by atoms with van der Waals surface area (Å²) < 4.78 is 0. The van der Waals surface area contributed by atoms with E-state index in [-0.39, 0.29) is 11.5 Å². The minimum atomic E-state index is -0.0592. The first-order valence-corrected chi connectivity index (χ1v) is 6.43. The average Bonchev–Trinajstić information content (AvgIpc) is 2.24. The second-order valence-corrected chi connectivity index (χ2v) is 6.00. The molecule has 0 aliphatic heterocycles. The molecular weight excluding hydrogens is 269 g/mol. The van der Waals surface area contributed by atoms with Crippen LogP contribution in [0.15, 0.2) is 24.3 Å². The molecule has 4 heteroatoms. The van der Waals surface area contributed by atoms with Crippen LogP contribution in [-0.4, -0.2) is 12.5 Å². The van der Waals surface area contributed by atoms with Crippen molar-refractivity contribution < 1.29 is 4.79 Å². The predicted octanol–water partition coefficient (Wildman–Crippen LogP) is 4.17. The monoisotopic (exact) mass is 285 g/mol. The Kier molecular flexibility index (Phi) is 5.24. The smallest absolute Gasteiger partial charge is 0.207 e. The van der Waals surface area contributed by atoms with Gasteiger partial charge in [0.15, 0.2) is 0 Å². The van der Waals surface area contributed by atoms with Crippen LogP contribution in [0.1, 0.15) is 26.3 Å². The van der Waals surface area contributed by atoms with Crippen molar-refractivity contribution in [3.8, 4) is 0 Å². The largest absolute Gasteiger partial charge is 0.352 e. The summed E-state index contributed by atoms with van der Waals surface area (Å²) >= 11 is 11.9. The van der Waals surface area contributed by atoms with Crippen LogP contribution in [0.25, 0.3) is 6.08 Å². The van der Waals surface area contributed by atoms with Gasteiger partial charge in [-0.05, 0) is 23.1 Å². The lowest BCUT2D eigenvalue weighted by molar-refractivity contribution is -0.110.